The Bertz CT molecular complexity index is 1250. The fourth-order valence-electron chi connectivity index (χ4n) is 5.55. The summed E-state index contributed by atoms with van der Waals surface area (Å²) < 4.78 is 7.47. The Hall–Kier alpha value is -3.38. The number of anilines is 1. The van der Waals surface area contributed by atoms with E-state index in [2.05, 4.69) is 86.6 Å². The molecule has 1 N–H and O–H groups in total. The highest BCUT2D eigenvalue weighted by Crippen LogP contribution is 2.34. The summed E-state index contributed by atoms with van der Waals surface area (Å²) in [6.45, 7) is 4.80. The van der Waals surface area contributed by atoms with Gasteiger partial charge < -0.3 is 14.6 Å². The highest BCUT2D eigenvalue weighted by molar-refractivity contribution is 5.86. The largest absolute Gasteiger partial charge is 0.497 e. The third kappa shape index (κ3) is 3.64. The molecular weight excluding hydrogens is 410 g/mol. The molecule has 3 saturated heterocycles. The Balaban J connectivity index is 1.22. The third-order valence-electron chi connectivity index (χ3n) is 7.49. The van der Waals surface area contributed by atoms with Crippen molar-refractivity contribution in [1.29, 1.82) is 0 Å². The van der Waals surface area contributed by atoms with Gasteiger partial charge in [-0.25, -0.2) is 0 Å². The van der Waals surface area contributed by atoms with E-state index in [1.54, 1.807) is 7.11 Å². The minimum absolute atomic E-state index is 0.460. The van der Waals surface area contributed by atoms with E-state index in [-0.39, 0.29) is 0 Å². The number of fused-ring (bicyclic) bond motifs is 4. The van der Waals surface area contributed by atoms with Crippen LogP contribution in [0, 0.1) is 5.92 Å². The van der Waals surface area contributed by atoms with E-state index in [0.717, 1.165) is 39.9 Å². The summed E-state index contributed by atoms with van der Waals surface area (Å²) in [5.41, 5.74) is 4.23. The van der Waals surface area contributed by atoms with Gasteiger partial charge in [0.1, 0.15) is 11.6 Å². The van der Waals surface area contributed by atoms with Crippen molar-refractivity contribution in [3.63, 3.8) is 0 Å². The van der Waals surface area contributed by atoms with Crippen LogP contribution in [0.2, 0.25) is 0 Å². The van der Waals surface area contributed by atoms with Crippen LogP contribution in [0.3, 0.4) is 0 Å². The van der Waals surface area contributed by atoms with Gasteiger partial charge in [0.15, 0.2) is 0 Å². The van der Waals surface area contributed by atoms with Gasteiger partial charge in [0, 0.05) is 34.9 Å². The van der Waals surface area contributed by atoms with Crippen LogP contribution in [0.1, 0.15) is 19.8 Å². The molecule has 4 aromatic rings. The lowest BCUT2D eigenvalue weighted by Gasteiger charge is -2.50. The number of rotatable bonds is 5. The Labute approximate surface area is 194 Å². The molecule has 3 aliphatic heterocycles. The topological polar surface area (TPSA) is 55.2 Å². The van der Waals surface area contributed by atoms with E-state index < -0.39 is 0 Å². The van der Waals surface area contributed by atoms with Gasteiger partial charge in [-0.1, -0.05) is 6.07 Å². The summed E-state index contributed by atoms with van der Waals surface area (Å²) in [5, 5.41) is 13.9. The van der Waals surface area contributed by atoms with Crippen LogP contribution in [0.5, 0.6) is 5.75 Å². The highest BCUT2D eigenvalue weighted by atomic mass is 16.5. The zero-order chi connectivity index (χ0) is 22.4. The number of hydrogen-bond acceptors (Lipinski definition) is 5. The van der Waals surface area contributed by atoms with Crippen LogP contribution in [-0.2, 0) is 0 Å². The number of hydrogen-bond donors (Lipinski definition) is 1. The first-order valence-electron chi connectivity index (χ1n) is 11.8. The molecule has 33 heavy (non-hydrogen) atoms. The number of nitrogens with zero attached hydrogens (tertiary/aromatic N) is 4. The van der Waals surface area contributed by atoms with Gasteiger partial charge in [-0.15, -0.1) is 10.2 Å². The molecule has 7 rings (SSSR count). The predicted octanol–water partition coefficient (Wildman–Crippen LogP) is 4.99. The van der Waals surface area contributed by atoms with Gasteiger partial charge in [-0.05, 0) is 93.4 Å². The third-order valence-corrected chi connectivity index (χ3v) is 7.49. The maximum Gasteiger partial charge on any atom is 0.148 e. The van der Waals surface area contributed by atoms with Gasteiger partial charge in [0.05, 0.1) is 18.3 Å². The zero-order valence-corrected chi connectivity index (χ0v) is 19.1. The minimum atomic E-state index is 0.460. The predicted molar refractivity (Wildman–Crippen MR) is 132 cm³/mol. The SMILES string of the molecule is COc1ccc(-n2ccc3cc(-c4ccc(N[C@@H]5C6CCN(CC6)[C@@H]5C)nn4)ccc32)cc1. The molecule has 0 amide bonds. The highest BCUT2D eigenvalue weighted by Gasteiger charge is 2.39. The number of methoxy groups -OCH3 is 1. The quantitative estimate of drug-likeness (QED) is 0.475. The van der Waals surface area contributed by atoms with E-state index in [1.807, 2.05) is 12.1 Å². The lowest BCUT2D eigenvalue weighted by atomic mass is 9.79. The lowest BCUT2D eigenvalue weighted by Crippen LogP contribution is -2.59. The molecule has 0 unspecified atom stereocenters. The summed E-state index contributed by atoms with van der Waals surface area (Å²) in [4.78, 5) is 2.59. The number of piperidine rings is 3. The van der Waals surface area contributed by atoms with Crippen LogP contribution >= 0.6 is 0 Å². The number of aromatic nitrogens is 3. The monoisotopic (exact) mass is 439 g/mol. The summed E-state index contributed by atoms with van der Waals surface area (Å²) >= 11 is 0. The molecule has 3 fully saturated rings. The molecule has 0 spiro atoms. The van der Waals surface area contributed by atoms with E-state index >= 15 is 0 Å². The van der Waals surface area contributed by atoms with Crippen molar-refractivity contribution < 1.29 is 4.74 Å². The van der Waals surface area contributed by atoms with Gasteiger partial charge >= 0.3 is 0 Å². The molecule has 6 heteroatoms. The molecule has 3 aliphatic rings. The average Bonchev–Trinajstić information content (AvgIpc) is 3.30. The molecule has 0 aliphatic carbocycles. The Morgan fingerprint density at radius 1 is 0.939 bits per heavy atom. The molecule has 2 aromatic heterocycles. The Kier molecular flexibility index (Phi) is 5.03. The standard InChI is InChI=1S/C27H29N5O/c1-18-27(19-11-14-31(18)15-12-19)28-26-10-8-24(29-30-26)20-3-9-25-21(17-20)13-16-32(25)22-4-6-23(33-2)7-5-22/h3-10,13,16-19,27H,11-12,14-15H2,1-2H3,(H,28,30)/t18-,27+/m1/s1. The van der Waals surface area contributed by atoms with Crippen molar-refractivity contribution in [3.05, 3.63) is 66.9 Å². The normalized spacial score (nSPS) is 24.2. The molecule has 168 valence electrons. The first-order chi connectivity index (χ1) is 16.2. The van der Waals surface area contributed by atoms with E-state index in [0.29, 0.717) is 12.1 Å². The van der Waals surface area contributed by atoms with E-state index in [9.17, 15) is 0 Å². The number of benzene rings is 2. The van der Waals surface area contributed by atoms with Crippen LogP contribution in [0.15, 0.2) is 66.9 Å². The summed E-state index contributed by atoms with van der Waals surface area (Å²) in [6, 6.07) is 21.9. The fourth-order valence-corrected chi connectivity index (χ4v) is 5.55. The van der Waals surface area contributed by atoms with Gasteiger partial charge in [-0.2, -0.15) is 0 Å². The van der Waals surface area contributed by atoms with Crippen molar-refractivity contribution in [2.45, 2.75) is 31.8 Å². The van der Waals surface area contributed by atoms with Crippen molar-refractivity contribution in [2.75, 3.05) is 25.5 Å². The molecule has 2 atom stereocenters. The van der Waals surface area contributed by atoms with Gasteiger partial charge in [0.25, 0.3) is 0 Å². The first-order valence-corrected chi connectivity index (χ1v) is 11.8. The van der Waals surface area contributed by atoms with Crippen molar-refractivity contribution in [1.82, 2.24) is 19.7 Å². The second-order valence-corrected chi connectivity index (χ2v) is 9.25. The summed E-state index contributed by atoms with van der Waals surface area (Å²) in [5.74, 6) is 2.47. The zero-order valence-electron chi connectivity index (χ0n) is 19.1. The summed E-state index contributed by atoms with van der Waals surface area (Å²) in [6.07, 6.45) is 4.66. The van der Waals surface area contributed by atoms with Crippen LogP contribution < -0.4 is 10.1 Å². The van der Waals surface area contributed by atoms with E-state index in [1.165, 1.54) is 31.3 Å². The fraction of sp³-hybridized carbons (Fsp3) is 0.333. The molecule has 5 heterocycles. The smallest absolute Gasteiger partial charge is 0.148 e. The maximum atomic E-state index is 5.28. The lowest BCUT2D eigenvalue weighted by molar-refractivity contribution is 0.0457. The minimum Gasteiger partial charge on any atom is -0.497 e. The van der Waals surface area contributed by atoms with Crippen molar-refractivity contribution in [3.8, 4) is 22.7 Å². The average molecular weight is 440 g/mol. The van der Waals surface area contributed by atoms with Gasteiger partial charge in [-0.3, -0.25) is 4.90 Å². The second-order valence-electron chi connectivity index (χ2n) is 9.25. The Morgan fingerprint density at radius 3 is 2.45 bits per heavy atom. The molecule has 0 saturated carbocycles. The molecule has 6 nitrogen and oxygen atoms in total. The Morgan fingerprint density at radius 2 is 1.76 bits per heavy atom. The summed E-state index contributed by atoms with van der Waals surface area (Å²) in [7, 11) is 1.69. The number of ether oxygens (including phenoxy) is 1. The van der Waals surface area contributed by atoms with Gasteiger partial charge in [0.2, 0.25) is 0 Å². The molecule has 0 radical (unpaired) electrons. The first kappa shape index (κ1) is 20.2. The second kappa shape index (κ2) is 8.19. The van der Waals surface area contributed by atoms with Crippen LogP contribution in [0.4, 0.5) is 5.82 Å². The van der Waals surface area contributed by atoms with E-state index in [4.69, 9.17) is 4.74 Å². The maximum absolute atomic E-state index is 5.28. The van der Waals surface area contributed by atoms with Crippen molar-refractivity contribution >= 4 is 16.7 Å². The van der Waals surface area contributed by atoms with Crippen LogP contribution in [0.25, 0.3) is 27.8 Å². The molecule has 2 aromatic carbocycles. The van der Waals surface area contributed by atoms with Crippen LogP contribution in [-0.4, -0.2) is 51.9 Å². The van der Waals surface area contributed by atoms with Crippen molar-refractivity contribution in [2.24, 2.45) is 5.92 Å². The molecule has 2 bridgehead atoms. The number of nitrogens with one attached hydrogen (secondary N) is 1. The molecular formula is C27H29N5O.